The number of likely N-dealkylation sites (N-methyl/N-ethyl adjacent to an activating group) is 1. The molecule has 0 atom stereocenters. The molecule has 2 aromatic rings. The Morgan fingerprint density at radius 1 is 1.14 bits per heavy atom. The Balaban J connectivity index is 1.89. The molecule has 0 fully saturated rings. The quantitative estimate of drug-likeness (QED) is 0.801. The fraction of sp³-hybridized carbons (Fsp3) is 0.278. The molecular formula is C18H20BrNO2. The summed E-state index contributed by atoms with van der Waals surface area (Å²) in [7, 11) is 1.79. The average molecular weight is 362 g/mol. The van der Waals surface area contributed by atoms with Crippen LogP contribution in [0.2, 0.25) is 0 Å². The number of amides is 1. The number of halogens is 1. The van der Waals surface area contributed by atoms with Gasteiger partial charge in [-0.2, -0.15) is 0 Å². The number of hydrogen-bond donors (Lipinski definition) is 0. The van der Waals surface area contributed by atoms with Gasteiger partial charge in [0.1, 0.15) is 5.75 Å². The first-order valence-electron chi connectivity index (χ1n) is 7.14. The summed E-state index contributed by atoms with van der Waals surface area (Å²) in [4.78, 5) is 13.8. The van der Waals surface area contributed by atoms with Gasteiger partial charge in [0, 0.05) is 18.1 Å². The highest BCUT2D eigenvalue weighted by molar-refractivity contribution is 9.10. The molecule has 0 radical (unpaired) electrons. The maximum atomic E-state index is 12.2. The van der Waals surface area contributed by atoms with Crippen molar-refractivity contribution in [2.45, 2.75) is 20.4 Å². The molecule has 0 unspecified atom stereocenters. The summed E-state index contributed by atoms with van der Waals surface area (Å²) in [5.74, 6) is 0.721. The molecule has 4 heteroatoms. The van der Waals surface area contributed by atoms with Crippen LogP contribution in [0.4, 0.5) is 0 Å². The molecule has 116 valence electrons. The Morgan fingerprint density at radius 2 is 1.82 bits per heavy atom. The van der Waals surface area contributed by atoms with Gasteiger partial charge in [-0.05, 0) is 43.2 Å². The van der Waals surface area contributed by atoms with Crippen molar-refractivity contribution < 1.29 is 9.53 Å². The maximum absolute atomic E-state index is 12.2. The van der Waals surface area contributed by atoms with Crippen LogP contribution >= 0.6 is 15.9 Å². The van der Waals surface area contributed by atoms with E-state index in [0.717, 1.165) is 21.3 Å². The van der Waals surface area contributed by atoms with Crippen LogP contribution < -0.4 is 4.74 Å². The van der Waals surface area contributed by atoms with E-state index in [1.54, 1.807) is 11.9 Å². The standard InChI is InChI=1S/C18H20BrNO2/c1-13-4-9-17(14(2)10-13)22-12-18(21)20(3)11-15-5-7-16(19)8-6-15/h4-10H,11-12H2,1-3H3. The number of ether oxygens (including phenoxy) is 1. The van der Waals surface area contributed by atoms with E-state index in [9.17, 15) is 4.79 Å². The van der Waals surface area contributed by atoms with Crippen molar-refractivity contribution in [1.82, 2.24) is 4.90 Å². The number of aryl methyl sites for hydroxylation is 2. The van der Waals surface area contributed by atoms with Crippen molar-refractivity contribution in [1.29, 1.82) is 0 Å². The van der Waals surface area contributed by atoms with E-state index >= 15 is 0 Å². The van der Waals surface area contributed by atoms with Crippen LogP contribution in [0.25, 0.3) is 0 Å². The van der Waals surface area contributed by atoms with Gasteiger partial charge in [-0.1, -0.05) is 45.8 Å². The Labute approximate surface area is 140 Å². The molecule has 0 bridgehead atoms. The van der Waals surface area contributed by atoms with E-state index in [4.69, 9.17) is 4.74 Å². The molecular weight excluding hydrogens is 342 g/mol. The molecule has 0 aliphatic carbocycles. The molecule has 0 saturated carbocycles. The summed E-state index contributed by atoms with van der Waals surface area (Å²) in [6, 6.07) is 13.9. The number of benzene rings is 2. The number of hydrogen-bond acceptors (Lipinski definition) is 2. The molecule has 2 aromatic carbocycles. The fourth-order valence-electron chi connectivity index (χ4n) is 2.16. The van der Waals surface area contributed by atoms with Gasteiger partial charge in [-0.15, -0.1) is 0 Å². The summed E-state index contributed by atoms with van der Waals surface area (Å²) in [5.41, 5.74) is 3.32. The van der Waals surface area contributed by atoms with E-state index in [2.05, 4.69) is 15.9 Å². The predicted molar refractivity (Wildman–Crippen MR) is 92.0 cm³/mol. The number of carbonyl (C=O) groups excluding carboxylic acids is 1. The second kappa shape index (κ2) is 7.45. The number of nitrogens with zero attached hydrogens (tertiary/aromatic N) is 1. The highest BCUT2D eigenvalue weighted by atomic mass is 79.9. The minimum atomic E-state index is -0.0390. The molecule has 3 nitrogen and oxygen atoms in total. The van der Waals surface area contributed by atoms with Gasteiger partial charge in [0.25, 0.3) is 5.91 Å². The van der Waals surface area contributed by atoms with Crippen LogP contribution in [-0.2, 0) is 11.3 Å². The van der Waals surface area contributed by atoms with Crippen LogP contribution in [-0.4, -0.2) is 24.5 Å². The third-order valence-corrected chi connectivity index (χ3v) is 3.97. The Bertz CT molecular complexity index is 653. The lowest BCUT2D eigenvalue weighted by atomic mass is 10.1. The second-order valence-corrected chi connectivity index (χ2v) is 6.35. The van der Waals surface area contributed by atoms with Crippen LogP contribution in [0.1, 0.15) is 16.7 Å². The minimum absolute atomic E-state index is 0.0390. The summed E-state index contributed by atoms with van der Waals surface area (Å²) in [6.45, 7) is 4.64. The summed E-state index contributed by atoms with van der Waals surface area (Å²) < 4.78 is 6.66. The molecule has 0 spiro atoms. The van der Waals surface area contributed by atoms with E-state index in [1.807, 2.05) is 56.3 Å². The molecule has 0 heterocycles. The van der Waals surface area contributed by atoms with Crippen LogP contribution in [0.15, 0.2) is 46.9 Å². The summed E-state index contributed by atoms with van der Waals surface area (Å²) >= 11 is 3.40. The Morgan fingerprint density at radius 3 is 2.45 bits per heavy atom. The van der Waals surface area contributed by atoms with Crippen molar-refractivity contribution >= 4 is 21.8 Å². The van der Waals surface area contributed by atoms with E-state index in [0.29, 0.717) is 6.54 Å². The zero-order valence-corrected chi connectivity index (χ0v) is 14.7. The number of carbonyl (C=O) groups is 1. The normalized spacial score (nSPS) is 10.4. The average Bonchev–Trinajstić information content (AvgIpc) is 2.48. The second-order valence-electron chi connectivity index (χ2n) is 5.43. The zero-order valence-electron chi connectivity index (χ0n) is 13.1. The first-order chi connectivity index (χ1) is 10.5. The Hall–Kier alpha value is -1.81. The van der Waals surface area contributed by atoms with Gasteiger partial charge in [0.15, 0.2) is 6.61 Å². The van der Waals surface area contributed by atoms with Crippen molar-refractivity contribution in [2.75, 3.05) is 13.7 Å². The van der Waals surface area contributed by atoms with Gasteiger partial charge < -0.3 is 9.64 Å². The molecule has 0 N–H and O–H groups in total. The molecule has 0 saturated heterocycles. The summed E-state index contributed by atoms with van der Waals surface area (Å²) in [6.07, 6.45) is 0. The first kappa shape index (κ1) is 16.6. The lowest BCUT2D eigenvalue weighted by Gasteiger charge is -2.18. The predicted octanol–water partition coefficient (Wildman–Crippen LogP) is 4.10. The molecule has 22 heavy (non-hydrogen) atoms. The van der Waals surface area contributed by atoms with Gasteiger partial charge >= 0.3 is 0 Å². The largest absolute Gasteiger partial charge is 0.484 e. The zero-order chi connectivity index (χ0) is 16.1. The van der Waals surface area contributed by atoms with Crippen LogP contribution in [0, 0.1) is 13.8 Å². The smallest absolute Gasteiger partial charge is 0.260 e. The molecule has 2 rings (SSSR count). The maximum Gasteiger partial charge on any atom is 0.260 e. The van der Waals surface area contributed by atoms with Gasteiger partial charge in [0.05, 0.1) is 0 Å². The van der Waals surface area contributed by atoms with Gasteiger partial charge in [0.2, 0.25) is 0 Å². The monoisotopic (exact) mass is 361 g/mol. The Kier molecular flexibility index (Phi) is 5.61. The lowest BCUT2D eigenvalue weighted by molar-refractivity contribution is -0.132. The highest BCUT2D eigenvalue weighted by Gasteiger charge is 2.11. The van der Waals surface area contributed by atoms with Crippen molar-refractivity contribution in [3.8, 4) is 5.75 Å². The molecule has 1 amide bonds. The highest BCUT2D eigenvalue weighted by Crippen LogP contribution is 2.18. The summed E-state index contributed by atoms with van der Waals surface area (Å²) in [5, 5.41) is 0. The minimum Gasteiger partial charge on any atom is -0.484 e. The van der Waals surface area contributed by atoms with E-state index in [1.165, 1.54) is 5.56 Å². The lowest BCUT2D eigenvalue weighted by Crippen LogP contribution is -2.31. The van der Waals surface area contributed by atoms with Crippen LogP contribution in [0.3, 0.4) is 0 Å². The third-order valence-electron chi connectivity index (χ3n) is 3.44. The number of rotatable bonds is 5. The fourth-order valence-corrected chi connectivity index (χ4v) is 2.43. The molecule has 0 aromatic heterocycles. The first-order valence-corrected chi connectivity index (χ1v) is 7.93. The SMILES string of the molecule is Cc1ccc(OCC(=O)N(C)Cc2ccc(Br)cc2)c(C)c1. The van der Waals surface area contributed by atoms with E-state index < -0.39 is 0 Å². The van der Waals surface area contributed by atoms with Crippen molar-refractivity contribution in [2.24, 2.45) is 0 Å². The topological polar surface area (TPSA) is 29.5 Å². The van der Waals surface area contributed by atoms with Crippen LogP contribution in [0.5, 0.6) is 5.75 Å². The van der Waals surface area contributed by atoms with Gasteiger partial charge in [-0.25, -0.2) is 0 Å². The van der Waals surface area contributed by atoms with Crippen molar-refractivity contribution in [3.05, 3.63) is 63.6 Å². The van der Waals surface area contributed by atoms with Gasteiger partial charge in [-0.3, -0.25) is 4.79 Å². The molecule has 0 aliphatic heterocycles. The molecule has 0 aliphatic rings. The third kappa shape index (κ3) is 4.60. The van der Waals surface area contributed by atoms with Crippen molar-refractivity contribution in [3.63, 3.8) is 0 Å². The van der Waals surface area contributed by atoms with E-state index in [-0.39, 0.29) is 12.5 Å².